The number of carboxylic acid groups (broad SMARTS) is 1. The van der Waals surface area contributed by atoms with Gasteiger partial charge in [-0.1, -0.05) is 6.07 Å². The molecule has 0 unspecified atom stereocenters. The molecule has 0 aliphatic carbocycles. The summed E-state index contributed by atoms with van der Waals surface area (Å²) in [6.07, 6.45) is -3.71. The molecule has 0 radical (unpaired) electrons. The van der Waals surface area contributed by atoms with Crippen molar-refractivity contribution in [2.75, 3.05) is 17.7 Å². The van der Waals surface area contributed by atoms with Crippen LogP contribution in [0, 0.1) is 0 Å². The zero-order valence-electron chi connectivity index (χ0n) is 17.9. The van der Waals surface area contributed by atoms with E-state index in [-0.39, 0.29) is 4.90 Å². The number of rotatable bonds is 7. The molecule has 6 N–H and O–H groups in total. The summed E-state index contributed by atoms with van der Waals surface area (Å²) < 4.78 is 57.9. The van der Waals surface area contributed by atoms with E-state index in [1.165, 1.54) is 25.5 Å². The number of hydrogen-bond acceptors (Lipinski definition) is 8. The molecule has 0 aliphatic rings. The van der Waals surface area contributed by atoms with Crippen molar-refractivity contribution in [2.24, 2.45) is 5.73 Å². The normalized spacial score (nSPS) is 11.1. The molecule has 0 aliphatic heterocycles. The first-order valence-corrected chi connectivity index (χ1v) is 10.9. The standard InChI is InChI=1S/C18H18N6O3S.C2HF3O2/c1-20-28(26,27)15-4-2-3-14(9-15)24-17-10-16(21-11-22-17)23-13-7-5-12(6-8-13)18(19)25;3-2(4,5)1(6)7/h2-11,20H,1H3,(H2,19,25)(H2,21,22,23,24);(H,6,7). The molecule has 3 aromatic rings. The number of carbonyl (C=O) groups is 2. The maximum Gasteiger partial charge on any atom is 0.490 e. The Hall–Kier alpha value is -4.24. The van der Waals surface area contributed by atoms with Gasteiger partial charge in [-0.3, -0.25) is 4.79 Å². The number of anilines is 4. The van der Waals surface area contributed by atoms with Gasteiger partial charge < -0.3 is 21.5 Å². The Labute approximate surface area is 197 Å². The van der Waals surface area contributed by atoms with Crippen molar-refractivity contribution < 1.29 is 36.3 Å². The summed E-state index contributed by atoms with van der Waals surface area (Å²) in [5.74, 6) is -2.26. The van der Waals surface area contributed by atoms with Gasteiger partial charge in [0.2, 0.25) is 15.9 Å². The fourth-order valence-electron chi connectivity index (χ4n) is 2.37. The molecule has 0 atom stereocenters. The van der Waals surface area contributed by atoms with E-state index in [0.717, 1.165) is 5.69 Å². The fourth-order valence-corrected chi connectivity index (χ4v) is 3.14. The molecule has 0 fully saturated rings. The SMILES string of the molecule is CNS(=O)(=O)c1cccc(Nc2cc(Nc3ccc(C(N)=O)cc3)ncn2)c1.O=C(O)C(F)(F)F. The van der Waals surface area contributed by atoms with Gasteiger partial charge in [-0.2, -0.15) is 13.2 Å². The number of alkyl halides is 3. The van der Waals surface area contributed by atoms with Crippen LogP contribution in [0.1, 0.15) is 10.4 Å². The van der Waals surface area contributed by atoms with Crippen molar-refractivity contribution in [3.8, 4) is 0 Å². The quantitative estimate of drug-likeness (QED) is 0.318. The van der Waals surface area contributed by atoms with Crippen LogP contribution in [0.4, 0.5) is 36.2 Å². The Bertz CT molecular complexity index is 1300. The minimum atomic E-state index is -5.08. The Kier molecular flexibility index (Phi) is 8.69. The van der Waals surface area contributed by atoms with Crippen LogP contribution in [0.15, 0.2) is 65.8 Å². The van der Waals surface area contributed by atoms with Crippen molar-refractivity contribution in [2.45, 2.75) is 11.1 Å². The van der Waals surface area contributed by atoms with Gasteiger partial charge in [-0.15, -0.1) is 0 Å². The zero-order valence-corrected chi connectivity index (χ0v) is 18.7. The van der Waals surface area contributed by atoms with Gasteiger partial charge in [0.1, 0.15) is 18.0 Å². The number of aromatic nitrogens is 2. The van der Waals surface area contributed by atoms with Crippen LogP contribution >= 0.6 is 0 Å². The molecule has 2 aromatic carbocycles. The third-order valence-electron chi connectivity index (χ3n) is 4.04. The van der Waals surface area contributed by atoms with Gasteiger partial charge in [0.15, 0.2) is 0 Å². The number of halogens is 3. The van der Waals surface area contributed by atoms with Crippen LogP contribution in [0.25, 0.3) is 0 Å². The number of nitrogens with zero attached hydrogens (tertiary/aromatic N) is 2. The smallest absolute Gasteiger partial charge is 0.475 e. The second kappa shape index (κ2) is 11.3. The van der Waals surface area contributed by atoms with Crippen LogP contribution in [0.5, 0.6) is 0 Å². The lowest BCUT2D eigenvalue weighted by Gasteiger charge is -2.10. The average Bonchev–Trinajstić information content (AvgIpc) is 2.79. The number of hydrogen-bond donors (Lipinski definition) is 5. The highest BCUT2D eigenvalue weighted by Gasteiger charge is 2.38. The van der Waals surface area contributed by atoms with Crippen molar-refractivity contribution in [3.63, 3.8) is 0 Å². The van der Waals surface area contributed by atoms with E-state index in [2.05, 4.69) is 25.3 Å². The van der Waals surface area contributed by atoms with E-state index < -0.39 is 28.1 Å². The minimum Gasteiger partial charge on any atom is -0.475 e. The Morgan fingerprint density at radius 1 is 0.943 bits per heavy atom. The van der Waals surface area contributed by atoms with Gasteiger partial charge >= 0.3 is 12.1 Å². The van der Waals surface area contributed by atoms with E-state index in [4.69, 9.17) is 15.6 Å². The molecular formula is C20H19F3N6O5S. The molecule has 15 heteroatoms. The lowest BCUT2D eigenvalue weighted by molar-refractivity contribution is -0.192. The molecule has 35 heavy (non-hydrogen) atoms. The molecule has 1 aromatic heterocycles. The number of primary amides is 1. The number of carboxylic acids is 1. The average molecular weight is 512 g/mol. The first kappa shape index (κ1) is 27.0. The number of amides is 1. The number of nitrogens with two attached hydrogens (primary N) is 1. The topological polar surface area (TPSA) is 176 Å². The molecule has 0 saturated carbocycles. The third-order valence-corrected chi connectivity index (χ3v) is 5.45. The van der Waals surface area contributed by atoms with E-state index in [0.29, 0.717) is 22.9 Å². The predicted octanol–water partition coefficient (Wildman–Crippen LogP) is 2.60. The fraction of sp³-hybridized carbons (Fsp3) is 0.100. The second-order valence-corrected chi connectivity index (χ2v) is 8.40. The summed E-state index contributed by atoms with van der Waals surface area (Å²) in [6.45, 7) is 0. The highest BCUT2D eigenvalue weighted by Crippen LogP contribution is 2.21. The molecule has 0 spiro atoms. The molecule has 1 amide bonds. The summed E-state index contributed by atoms with van der Waals surface area (Å²) in [7, 11) is -2.18. The van der Waals surface area contributed by atoms with Crippen molar-refractivity contribution in [3.05, 3.63) is 66.5 Å². The van der Waals surface area contributed by atoms with Crippen LogP contribution in [-0.4, -0.2) is 48.6 Å². The lowest BCUT2D eigenvalue weighted by atomic mass is 10.2. The number of nitrogens with one attached hydrogen (secondary N) is 3. The molecule has 0 bridgehead atoms. The van der Waals surface area contributed by atoms with Gasteiger partial charge in [0, 0.05) is 23.0 Å². The van der Waals surface area contributed by atoms with Gasteiger partial charge in [0.05, 0.1) is 4.90 Å². The molecule has 0 saturated heterocycles. The monoisotopic (exact) mass is 512 g/mol. The highest BCUT2D eigenvalue weighted by molar-refractivity contribution is 7.89. The summed E-state index contributed by atoms with van der Waals surface area (Å²) in [6, 6.07) is 14.7. The van der Waals surface area contributed by atoms with Gasteiger partial charge in [-0.25, -0.2) is 27.9 Å². The van der Waals surface area contributed by atoms with Gasteiger partial charge in [0.25, 0.3) is 0 Å². The van der Waals surface area contributed by atoms with Crippen molar-refractivity contribution in [1.29, 1.82) is 0 Å². The zero-order chi connectivity index (χ0) is 26.2. The Morgan fingerprint density at radius 3 is 1.97 bits per heavy atom. The molecule has 1 heterocycles. The summed E-state index contributed by atoms with van der Waals surface area (Å²) in [5, 5.41) is 13.3. The summed E-state index contributed by atoms with van der Waals surface area (Å²) >= 11 is 0. The van der Waals surface area contributed by atoms with E-state index in [1.807, 2.05) is 0 Å². The molecule has 186 valence electrons. The second-order valence-electron chi connectivity index (χ2n) is 6.52. The molecule has 3 rings (SSSR count). The molecular weight excluding hydrogens is 493 g/mol. The van der Waals surface area contributed by atoms with Crippen LogP contribution in [-0.2, 0) is 14.8 Å². The summed E-state index contributed by atoms with van der Waals surface area (Å²) in [4.78, 5) is 28.4. The third kappa shape index (κ3) is 8.24. The first-order chi connectivity index (χ1) is 16.3. The van der Waals surface area contributed by atoms with Crippen molar-refractivity contribution in [1.82, 2.24) is 14.7 Å². The number of benzene rings is 2. The first-order valence-electron chi connectivity index (χ1n) is 9.41. The van der Waals surface area contributed by atoms with Crippen LogP contribution < -0.4 is 21.1 Å². The van der Waals surface area contributed by atoms with E-state index in [9.17, 15) is 26.4 Å². The van der Waals surface area contributed by atoms with Crippen LogP contribution in [0.3, 0.4) is 0 Å². The number of sulfonamides is 1. The maximum absolute atomic E-state index is 11.9. The Morgan fingerprint density at radius 2 is 1.49 bits per heavy atom. The van der Waals surface area contributed by atoms with E-state index >= 15 is 0 Å². The van der Waals surface area contributed by atoms with Gasteiger partial charge in [-0.05, 0) is 49.5 Å². The Balaban J connectivity index is 0.000000540. The largest absolute Gasteiger partial charge is 0.490 e. The maximum atomic E-state index is 11.9. The number of carbonyl (C=O) groups excluding carboxylic acids is 1. The van der Waals surface area contributed by atoms with Crippen molar-refractivity contribution >= 4 is 44.9 Å². The summed E-state index contributed by atoms with van der Waals surface area (Å²) in [5.41, 5.74) is 6.92. The lowest BCUT2D eigenvalue weighted by Crippen LogP contribution is -2.21. The van der Waals surface area contributed by atoms with Crippen LogP contribution in [0.2, 0.25) is 0 Å². The minimum absolute atomic E-state index is 0.141. The molecule has 11 nitrogen and oxygen atoms in total. The number of aliphatic carboxylic acids is 1. The predicted molar refractivity (Wildman–Crippen MR) is 120 cm³/mol. The van der Waals surface area contributed by atoms with E-state index in [1.54, 1.807) is 42.5 Å². The highest BCUT2D eigenvalue weighted by atomic mass is 32.2.